The molecule has 260 valence electrons. The average molecular weight is 715 g/mol. The molecule has 0 spiro atoms. The highest BCUT2D eigenvalue weighted by atomic mass is 16.4. The van der Waals surface area contributed by atoms with Gasteiger partial charge in [-0.15, -0.1) is 0 Å². The van der Waals surface area contributed by atoms with Gasteiger partial charge in [0.25, 0.3) is 0 Å². The highest BCUT2D eigenvalue weighted by molar-refractivity contribution is 6.25. The lowest BCUT2D eigenvalue weighted by Gasteiger charge is -2.10. The molecular formula is C52H30N2O2. The van der Waals surface area contributed by atoms with Crippen molar-refractivity contribution < 1.29 is 8.83 Å². The summed E-state index contributed by atoms with van der Waals surface area (Å²) in [6, 6.07) is 65.4. The maximum absolute atomic E-state index is 6.90. The van der Waals surface area contributed by atoms with Crippen molar-refractivity contribution in [3.05, 3.63) is 182 Å². The summed E-state index contributed by atoms with van der Waals surface area (Å²) in [5, 5.41) is 11.5. The Morgan fingerprint density at radius 3 is 1.39 bits per heavy atom. The largest absolute Gasteiger partial charge is 0.452 e. The van der Waals surface area contributed by atoms with Gasteiger partial charge >= 0.3 is 0 Å². The molecule has 0 atom stereocenters. The van der Waals surface area contributed by atoms with E-state index in [4.69, 9.17) is 8.83 Å². The molecule has 0 amide bonds. The van der Waals surface area contributed by atoms with Crippen LogP contribution in [0.2, 0.25) is 0 Å². The van der Waals surface area contributed by atoms with E-state index in [9.17, 15) is 0 Å². The second kappa shape index (κ2) is 11.0. The number of nitrogens with zero attached hydrogens (tertiary/aromatic N) is 2. The number of hydrogen-bond acceptors (Lipinski definition) is 2. The van der Waals surface area contributed by atoms with Crippen molar-refractivity contribution in [1.29, 1.82) is 0 Å². The minimum Gasteiger partial charge on any atom is -0.452 e. The summed E-state index contributed by atoms with van der Waals surface area (Å²) in [5.74, 6) is 0. The van der Waals surface area contributed by atoms with Gasteiger partial charge in [0.05, 0.1) is 22.1 Å². The monoisotopic (exact) mass is 714 g/mol. The third-order valence-corrected chi connectivity index (χ3v) is 11.9. The van der Waals surface area contributed by atoms with E-state index in [0.29, 0.717) is 0 Å². The number of furan rings is 2. The third kappa shape index (κ3) is 4.02. The van der Waals surface area contributed by atoms with Gasteiger partial charge in [-0.05, 0) is 94.7 Å². The molecule has 0 aliphatic rings. The SMILES string of the molecule is c1ccc2cc(-c3cc4c5cc(-n6c7ccccc7c7ccccc76)ccc5oc4c4oc5ccc(-n6c7ccccc7c7ccccc76)cc5c34)ccc2c1. The van der Waals surface area contributed by atoms with Crippen LogP contribution in [0.25, 0.3) is 121 Å². The summed E-state index contributed by atoms with van der Waals surface area (Å²) in [7, 11) is 0. The van der Waals surface area contributed by atoms with Crippen LogP contribution in [0.3, 0.4) is 0 Å². The predicted molar refractivity (Wildman–Crippen MR) is 233 cm³/mol. The fourth-order valence-corrected chi connectivity index (χ4v) is 9.41. The fourth-order valence-electron chi connectivity index (χ4n) is 9.41. The maximum atomic E-state index is 6.90. The van der Waals surface area contributed by atoms with E-state index in [-0.39, 0.29) is 0 Å². The molecule has 0 unspecified atom stereocenters. The third-order valence-electron chi connectivity index (χ3n) is 11.9. The zero-order chi connectivity index (χ0) is 36.5. The summed E-state index contributed by atoms with van der Waals surface area (Å²) in [6.07, 6.45) is 0. The van der Waals surface area contributed by atoms with Crippen molar-refractivity contribution >= 4 is 98.3 Å². The van der Waals surface area contributed by atoms with Gasteiger partial charge in [-0.2, -0.15) is 0 Å². The quantitative estimate of drug-likeness (QED) is 0.183. The molecule has 4 nitrogen and oxygen atoms in total. The number of para-hydroxylation sites is 4. The highest BCUT2D eigenvalue weighted by Gasteiger charge is 2.23. The number of aromatic nitrogens is 2. The van der Waals surface area contributed by atoms with E-state index >= 15 is 0 Å². The van der Waals surface area contributed by atoms with Crippen LogP contribution in [0.4, 0.5) is 0 Å². The lowest BCUT2D eigenvalue weighted by Crippen LogP contribution is -1.93. The smallest absolute Gasteiger partial charge is 0.179 e. The summed E-state index contributed by atoms with van der Waals surface area (Å²) >= 11 is 0. The van der Waals surface area contributed by atoms with Crippen LogP contribution in [0.1, 0.15) is 0 Å². The summed E-state index contributed by atoms with van der Waals surface area (Å²) < 4.78 is 18.4. The summed E-state index contributed by atoms with van der Waals surface area (Å²) in [4.78, 5) is 0. The van der Waals surface area contributed by atoms with Crippen molar-refractivity contribution in [2.45, 2.75) is 0 Å². The molecule has 56 heavy (non-hydrogen) atoms. The minimum atomic E-state index is 0.758. The van der Waals surface area contributed by atoms with Crippen LogP contribution in [-0.2, 0) is 0 Å². The van der Waals surface area contributed by atoms with Gasteiger partial charge in [-0.1, -0.05) is 109 Å². The molecule has 13 aromatic rings. The lowest BCUT2D eigenvalue weighted by atomic mass is 9.95. The Morgan fingerprint density at radius 2 is 0.804 bits per heavy atom. The number of fused-ring (bicyclic) bond motifs is 14. The predicted octanol–water partition coefficient (Wildman–Crippen LogP) is 14.5. The molecule has 4 aromatic heterocycles. The molecule has 0 bridgehead atoms. The molecule has 13 rings (SSSR count). The van der Waals surface area contributed by atoms with Crippen molar-refractivity contribution in [3.8, 4) is 22.5 Å². The standard InChI is InChI=1S/C52H30N2O2/c1-2-12-32-27-33(22-21-31(32)11-1)40-30-42-41-28-34(53-44-17-7-3-13-36(44)37-14-4-8-18-45(37)53)23-25-48(41)55-51(42)52-50(40)43-29-35(24-26-49(43)56-52)54-46-19-9-5-15-38(46)39-16-6-10-20-47(39)54/h1-30H. The molecule has 9 aromatic carbocycles. The molecular weight excluding hydrogens is 685 g/mol. The fraction of sp³-hybridized carbons (Fsp3) is 0. The zero-order valence-electron chi connectivity index (χ0n) is 30.0. The maximum Gasteiger partial charge on any atom is 0.179 e. The number of hydrogen-bond donors (Lipinski definition) is 0. The Balaban J connectivity index is 1.12. The molecule has 0 N–H and O–H groups in total. The Labute approximate surface area is 319 Å². The van der Waals surface area contributed by atoms with Crippen LogP contribution >= 0.6 is 0 Å². The average Bonchev–Trinajstić information content (AvgIpc) is 4.01. The van der Waals surface area contributed by atoms with E-state index in [1.807, 2.05) is 0 Å². The molecule has 0 saturated carbocycles. The van der Waals surface area contributed by atoms with Gasteiger partial charge in [-0.25, -0.2) is 0 Å². The van der Waals surface area contributed by atoms with Gasteiger partial charge in [0, 0.05) is 54.5 Å². The van der Waals surface area contributed by atoms with Crippen molar-refractivity contribution in [1.82, 2.24) is 9.13 Å². The van der Waals surface area contributed by atoms with Crippen LogP contribution in [0, 0.1) is 0 Å². The van der Waals surface area contributed by atoms with E-state index in [1.54, 1.807) is 0 Å². The molecule has 4 heterocycles. The first-order valence-electron chi connectivity index (χ1n) is 19.1. The second-order valence-electron chi connectivity index (χ2n) is 14.9. The van der Waals surface area contributed by atoms with Crippen molar-refractivity contribution in [2.75, 3.05) is 0 Å². The van der Waals surface area contributed by atoms with Gasteiger partial charge in [0.15, 0.2) is 11.2 Å². The highest BCUT2D eigenvalue weighted by Crippen LogP contribution is 2.46. The molecule has 0 fully saturated rings. The topological polar surface area (TPSA) is 36.1 Å². The molecule has 0 radical (unpaired) electrons. The van der Waals surface area contributed by atoms with Crippen molar-refractivity contribution in [2.24, 2.45) is 0 Å². The summed E-state index contributed by atoms with van der Waals surface area (Å²) in [5.41, 5.74) is 12.3. The molecule has 0 aliphatic heterocycles. The molecule has 0 saturated heterocycles. The summed E-state index contributed by atoms with van der Waals surface area (Å²) in [6.45, 7) is 0. The van der Waals surface area contributed by atoms with Crippen LogP contribution in [0.5, 0.6) is 0 Å². The normalized spacial score (nSPS) is 12.3. The van der Waals surface area contributed by atoms with E-state index in [1.165, 1.54) is 54.4 Å². The first-order chi connectivity index (χ1) is 27.8. The van der Waals surface area contributed by atoms with Gasteiger partial charge < -0.3 is 18.0 Å². The van der Waals surface area contributed by atoms with Gasteiger partial charge in [0.2, 0.25) is 0 Å². The Kier molecular flexibility index (Phi) is 5.86. The minimum absolute atomic E-state index is 0.758. The van der Waals surface area contributed by atoms with Gasteiger partial charge in [-0.3, -0.25) is 0 Å². The first-order valence-corrected chi connectivity index (χ1v) is 19.1. The van der Waals surface area contributed by atoms with E-state index < -0.39 is 0 Å². The van der Waals surface area contributed by atoms with Crippen LogP contribution in [-0.4, -0.2) is 9.13 Å². The van der Waals surface area contributed by atoms with Crippen molar-refractivity contribution in [3.63, 3.8) is 0 Å². The Hall–Kier alpha value is -7.56. The zero-order valence-corrected chi connectivity index (χ0v) is 30.0. The molecule has 4 heteroatoms. The van der Waals surface area contributed by atoms with E-state index in [2.05, 4.69) is 191 Å². The Bertz CT molecular complexity index is 3670. The number of benzene rings is 9. The number of rotatable bonds is 3. The van der Waals surface area contributed by atoms with Crippen LogP contribution < -0.4 is 0 Å². The first kappa shape index (κ1) is 29.8. The van der Waals surface area contributed by atoms with Gasteiger partial charge in [0.1, 0.15) is 11.2 Å². The van der Waals surface area contributed by atoms with E-state index in [0.717, 1.165) is 66.4 Å². The second-order valence-corrected chi connectivity index (χ2v) is 14.9. The van der Waals surface area contributed by atoms with Crippen LogP contribution in [0.15, 0.2) is 191 Å². The Morgan fingerprint density at radius 1 is 0.321 bits per heavy atom. The molecule has 0 aliphatic carbocycles. The lowest BCUT2D eigenvalue weighted by molar-refractivity contribution is 0.633.